The van der Waals surface area contributed by atoms with Crippen LogP contribution in [0.15, 0.2) is 28.7 Å². The van der Waals surface area contributed by atoms with Crippen molar-refractivity contribution in [3.05, 3.63) is 39.3 Å². The molecule has 0 bridgehead atoms. The topological polar surface area (TPSA) is 24.9 Å². The van der Waals surface area contributed by atoms with Gasteiger partial charge in [0.1, 0.15) is 0 Å². The Morgan fingerprint density at radius 3 is 2.65 bits per heavy atom. The van der Waals surface area contributed by atoms with Gasteiger partial charge in [0.05, 0.1) is 5.69 Å². The normalized spacial score (nSPS) is 14.4. The van der Waals surface area contributed by atoms with E-state index in [-0.39, 0.29) is 0 Å². The van der Waals surface area contributed by atoms with Crippen molar-refractivity contribution >= 4 is 38.1 Å². The number of nitrogens with zero attached hydrogens (tertiary/aromatic N) is 1. The maximum absolute atomic E-state index is 4.66. The average molecular weight is 309 g/mol. The fourth-order valence-corrected chi connectivity index (χ4v) is 3.40. The first-order chi connectivity index (χ1) is 8.31. The number of thiazole rings is 1. The standard InChI is InChI=1S/C13H13BrN2S/c14-9-5-7-10(8-6-9)15-13-16-11-3-1-2-4-12(11)17-13/h5-8H,1-4H2,(H,15,16). The third kappa shape index (κ3) is 2.53. The van der Waals surface area contributed by atoms with E-state index in [2.05, 4.69) is 38.4 Å². The molecular formula is C13H13BrN2S. The lowest BCUT2D eigenvalue weighted by molar-refractivity contribution is 0.683. The monoisotopic (exact) mass is 308 g/mol. The molecule has 0 unspecified atom stereocenters. The minimum Gasteiger partial charge on any atom is -0.332 e. The quantitative estimate of drug-likeness (QED) is 0.881. The summed E-state index contributed by atoms with van der Waals surface area (Å²) in [6.45, 7) is 0. The lowest BCUT2D eigenvalue weighted by Crippen LogP contribution is -1.99. The molecule has 1 aliphatic carbocycles. The predicted molar refractivity (Wildman–Crippen MR) is 76.2 cm³/mol. The van der Waals surface area contributed by atoms with Crippen molar-refractivity contribution in [3.8, 4) is 0 Å². The zero-order chi connectivity index (χ0) is 11.7. The van der Waals surface area contributed by atoms with E-state index >= 15 is 0 Å². The molecule has 0 radical (unpaired) electrons. The van der Waals surface area contributed by atoms with Crippen LogP contribution >= 0.6 is 27.3 Å². The summed E-state index contributed by atoms with van der Waals surface area (Å²) in [5.74, 6) is 0. The second kappa shape index (κ2) is 4.78. The molecule has 4 heteroatoms. The summed E-state index contributed by atoms with van der Waals surface area (Å²) in [7, 11) is 0. The molecule has 0 amide bonds. The Bertz CT molecular complexity index is 495. The van der Waals surface area contributed by atoms with Gasteiger partial charge in [-0.2, -0.15) is 0 Å². The summed E-state index contributed by atoms with van der Waals surface area (Å²) in [5.41, 5.74) is 2.40. The molecule has 1 aromatic carbocycles. The van der Waals surface area contributed by atoms with Crippen LogP contribution in [0.25, 0.3) is 0 Å². The van der Waals surface area contributed by atoms with Crippen molar-refractivity contribution in [2.75, 3.05) is 5.32 Å². The van der Waals surface area contributed by atoms with Crippen LogP contribution in [-0.2, 0) is 12.8 Å². The zero-order valence-corrected chi connectivity index (χ0v) is 11.8. The zero-order valence-electron chi connectivity index (χ0n) is 9.37. The minimum absolute atomic E-state index is 1.03. The van der Waals surface area contributed by atoms with Gasteiger partial charge in [0.25, 0.3) is 0 Å². The summed E-state index contributed by atoms with van der Waals surface area (Å²) >= 11 is 5.24. The Morgan fingerprint density at radius 2 is 1.88 bits per heavy atom. The van der Waals surface area contributed by atoms with Gasteiger partial charge in [0, 0.05) is 15.0 Å². The largest absolute Gasteiger partial charge is 0.332 e. The van der Waals surface area contributed by atoms with Gasteiger partial charge in [-0.15, -0.1) is 11.3 Å². The Hall–Kier alpha value is -0.870. The third-order valence-electron chi connectivity index (χ3n) is 2.94. The van der Waals surface area contributed by atoms with Gasteiger partial charge in [-0.3, -0.25) is 0 Å². The number of rotatable bonds is 2. The number of aryl methyl sites for hydroxylation is 2. The molecular weight excluding hydrogens is 296 g/mol. The SMILES string of the molecule is Brc1ccc(Nc2nc3c(s2)CCCC3)cc1. The Morgan fingerprint density at radius 1 is 1.12 bits per heavy atom. The van der Waals surface area contributed by atoms with E-state index in [0.717, 1.165) is 21.7 Å². The van der Waals surface area contributed by atoms with E-state index in [1.807, 2.05) is 12.1 Å². The number of benzene rings is 1. The fourth-order valence-electron chi connectivity index (χ4n) is 2.06. The van der Waals surface area contributed by atoms with Crippen molar-refractivity contribution in [1.29, 1.82) is 0 Å². The molecule has 2 aromatic rings. The third-order valence-corrected chi connectivity index (χ3v) is 4.54. The smallest absolute Gasteiger partial charge is 0.187 e. The van der Waals surface area contributed by atoms with Gasteiger partial charge in [-0.1, -0.05) is 15.9 Å². The number of hydrogen-bond acceptors (Lipinski definition) is 3. The molecule has 0 fully saturated rings. The van der Waals surface area contributed by atoms with E-state index in [9.17, 15) is 0 Å². The number of aromatic nitrogens is 1. The highest BCUT2D eigenvalue weighted by molar-refractivity contribution is 9.10. The second-order valence-electron chi connectivity index (χ2n) is 4.23. The lowest BCUT2D eigenvalue weighted by Gasteiger charge is -2.06. The summed E-state index contributed by atoms with van der Waals surface area (Å²) in [5, 5.41) is 4.40. The molecule has 0 aliphatic heterocycles. The first-order valence-corrected chi connectivity index (χ1v) is 7.43. The first-order valence-electron chi connectivity index (χ1n) is 5.82. The first kappa shape index (κ1) is 11.2. The van der Waals surface area contributed by atoms with Crippen LogP contribution in [-0.4, -0.2) is 4.98 Å². The highest BCUT2D eigenvalue weighted by atomic mass is 79.9. The average Bonchev–Trinajstić information content (AvgIpc) is 2.74. The van der Waals surface area contributed by atoms with E-state index in [1.165, 1.54) is 29.8 Å². The van der Waals surface area contributed by atoms with Crippen molar-refractivity contribution in [3.63, 3.8) is 0 Å². The summed E-state index contributed by atoms with van der Waals surface area (Å²) < 4.78 is 1.10. The van der Waals surface area contributed by atoms with Crippen LogP contribution in [0.2, 0.25) is 0 Å². The van der Waals surface area contributed by atoms with Gasteiger partial charge in [-0.25, -0.2) is 4.98 Å². The predicted octanol–water partition coefficient (Wildman–Crippen LogP) is 4.53. The van der Waals surface area contributed by atoms with Gasteiger partial charge in [0.2, 0.25) is 0 Å². The highest BCUT2D eigenvalue weighted by Crippen LogP contribution is 2.31. The number of fused-ring (bicyclic) bond motifs is 1. The number of nitrogens with one attached hydrogen (secondary N) is 1. The van der Waals surface area contributed by atoms with E-state index in [1.54, 1.807) is 11.3 Å². The Balaban J connectivity index is 1.80. The molecule has 2 nitrogen and oxygen atoms in total. The molecule has 0 spiro atoms. The van der Waals surface area contributed by atoms with Gasteiger partial charge in [0.15, 0.2) is 5.13 Å². The molecule has 17 heavy (non-hydrogen) atoms. The Kier molecular flexibility index (Phi) is 3.16. The van der Waals surface area contributed by atoms with Crippen LogP contribution in [0.4, 0.5) is 10.8 Å². The molecule has 0 atom stereocenters. The van der Waals surface area contributed by atoms with Gasteiger partial charge < -0.3 is 5.32 Å². The van der Waals surface area contributed by atoms with E-state index in [4.69, 9.17) is 0 Å². The maximum atomic E-state index is 4.66. The number of hydrogen-bond donors (Lipinski definition) is 1. The van der Waals surface area contributed by atoms with Crippen molar-refractivity contribution in [1.82, 2.24) is 4.98 Å². The van der Waals surface area contributed by atoms with Crippen LogP contribution < -0.4 is 5.32 Å². The number of anilines is 2. The molecule has 3 rings (SSSR count). The lowest BCUT2D eigenvalue weighted by atomic mass is 10.0. The van der Waals surface area contributed by atoms with Crippen LogP contribution in [0.5, 0.6) is 0 Å². The van der Waals surface area contributed by atoms with E-state index in [0.29, 0.717) is 0 Å². The fraction of sp³-hybridized carbons (Fsp3) is 0.308. The highest BCUT2D eigenvalue weighted by Gasteiger charge is 2.14. The molecule has 1 N–H and O–H groups in total. The molecule has 0 saturated heterocycles. The van der Waals surface area contributed by atoms with Crippen LogP contribution in [0.1, 0.15) is 23.4 Å². The van der Waals surface area contributed by atoms with Crippen molar-refractivity contribution in [2.45, 2.75) is 25.7 Å². The molecule has 1 aromatic heterocycles. The van der Waals surface area contributed by atoms with E-state index < -0.39 is 0 Å². The molecule has 88 valence electrons. The molecule has 1 aliphatic rings. The van der Waals surface area contributed by atoms with Crippen LogP contribution in [0.3, 0.4) is 0 Å². The summed E-state index contributed by atoms with van der Waals surface area (Å²) in [4.78, 5) is 6.13. The number of halogens is 1. The maximum Gasteiger partial charge on any atom is 0.187 e. The van der Waals surface area contributed by atoms with Gasteiger partial charge >= 0.3 is 0 Å². The minimum atomic E-state index is 1.03. The molecule has 0 saturated carbocycles. The van der Waals surface area contributed by atoms with Crippen LogP contribution in [0, 0.1) is 0 Å². The van der Waals surface area contributed by atoms with Crippen molar-refractivity contribution < 1.29 is 0 Å². The summed E-state index contributed by atoms with van der Waals surface area (Å²) in [6.07, 6.45) is 4.95. The second-order valence-corrected chi connectivity index (χ2v) is 6.23. The van der Waals surface area contributed by atoms with Crippen molar-refractivity contribution in [2.24, 2.45) is 0 Å². The Labute approximate surface area is 113 Å². The van der Waals surface area contributed by atoms with Gasteiger partial charge in [-0.05, 0) is 49.9 Å². The molecule has 1 heterocycles. The summed E-state index contributed by atoms with van der Waals surface area (Å²) in [6, 6.07) is 8.20.